The first-order chi connectivity index (χ1) is 13.1. The smallest absolute Gasteiger partial charge is 0.316 e. The van der Waals surface area contributed by atoms with Crippen molar-refractivity contribution in [2.24, 2.45) is 0 Å². The van der Waals surface area contributed by atoms with Gasteiger partial charge in [-0.2, -0.15) is 0 Å². The number of aryl methyl sites for hydroxylation is 1. The van der Waals surface area contributed by atoms with E-state index in [2.05, 4.69) is 15.0 Å². The molecule has 7 nitrogen and oxygen atoms in total. The molecule has 0 aliphatic carbocycles. The Labute approximate surface area is 159 Å². The summed E-state index contributed by atoms with van der Waals surface area (Å²) in [6.45, 7) is 2.95. The van der Waals surface area contributed by atoms with Crippen molar-refractivity contribution in [3.8, 4) is 11.1 Å². The van der Waals surface area contributed by atoms with E-state index in [-0.39, 0.29) is 18.0 Å². The molecule has 0 spiro atoms. The molecule has 140 valence electrons. The first-order valence-corrected chi connectivity index (χ1v) is 9.46. The highest BCUT2D eigenvalue weighted by atomic mass is 32.1. The van der Waals surface area contributed by atoms with E-state index < -0.39 is 5.82 Å². The van der Waals surface area contributed by atoms with Gasteiger partial charge in [-0.05, 0) is 31.9 Å². The number of likely N-dealkylation sites (tertiary alicyclic amines) is 1. The van der Waals surface area contributed by atoms with Crippen LogP contribution in [0.4, 0.5) is 4.39 Å². The number of piperidine rings is 1. The number of hydrogen-bond acceptors (Lipinski definition) is 6. The zero-order valence-corrected chi connectivity index (χ0v) is 15.5. The summed E-state index contributed by atoms with van der Waals surface area (Å²) >= 11 is 1.38. The maximum absolute atomic E-state index is 13.0. The van der Waals surface area contributed by atoms with Crippen LogP contribution in [0.5, 0.6) is 6.01 Å². The third-order valence-corrected chi connectivity index (χ3v) is 5.50. The molecule has 3 aromatic heterocycles. The van der Waals surface area contributed by atoms with Gasteiger partial charge < -0.3 is 14.2 Å². The van der Waals surface area contributed by atoms with Crippen LogP contribution in [0.15, 0.2) is 36.9 Å². The predicted octanol–water partition coefficient (Wildman–Crippen LogP) is 2.85. The summed E-state index contributed by atoms with van der Waals surface area (Å²) < 4.78 is 20.5. The molecule has 0 saturated carbocycles. The molecule has 1 aliphatic rings. The molecule has 1 aliphatic heterocycles. The van der Waals surface area contributed by atoms with Crippen molar-refractivity contribution in [1.29, 1.82) is 0 Å². The Morgan fingerprint density at radius 1 is 1.30 bits per heavy atom. The number of hydrogen-bond donors (Lipinski definition) is 0. The molecule has 1 fully saturated rings. The van der Waals surface area contributed by atoms with E-state index >= 15 is 0 Å². The Balaban J connectivity index is 1.46. The number of amides is 1. The topological polar surface area (TPSA) is 73.1 Å². The second-order valence-corrected chi connectivity index (χ2v) is 7.30. The summed E-state index contributed by atoms with van der Waals surface area (Å²) in [5.74, 6) is -0.557. The summed E-state index contributed by atoms with van der Waals surface area (Å²) in [5.41, 5.74) is 0.721. The van der Waals surface area contributed by atoms with Gasteiger partial charge in [0.05, 0.1) is 24.6 Å². The third kappa shape index (κ3) is 3.82. The molecule has 3 aromatic rings. The zero-order valence-electron chi connectivity index (χ0n) is 14.7. The zero-order chi connectivity index (χ0) is 18.8. The van der Waals surface area contributed by atoms with Crippen LogP contribution in [-0.4, -0.2) is 49.5 Å². The molecule has 1 unspecified atom stereocenters. The van der Waals surface area contributed by atoms with E-state index in [0.29, 0.717) is 18.0 Å². The minimum Gasteiger partial charge on any atom is -0.458 e. The van der Waals surface area contributed by atoms with Gasteiger partial charge >= 0.3 is 6.01 Å². The first kappa shape index (κ1) is 17.6. The normalized spacial score (nSPS) is 17.1. The van der Waals surface area contributed by atoms with Gasteiger partial charge in [-0.1, -0.05) is 11.3 Å². The van der Waals surface area contributed by atoms with Gasteiger partial charge in [-0.25, -0.2) is 19.3 Å². The first-order valence-electron chi connectivity index (χ1n) is 8.64. The van der Waals surface area contributed by atoms with Gasteiger partial charge in [0.2, 0.25) is 0 Å². The van der Waals surface area contributed by atoms with Crippen molar-refractivity contribution in [3.63, 3.8) is 0 Å². The van der Waals surface area contributed by atoms with E-state index in [1.165, 1.54) is 11.3 Å². The van der Waals surface area contributed by atoms with E-state index in [4.69, 9.17) is 4.74 Å². The van der Waals surface area contributed by atoms with E-state index in [0.717, 1.165) is 36.1 Å². The Morgan fingerprint density at radius 3 is 2.78 bits per heavy atom. The highest BCUT2D eigenvalue weighted by molar-refractivity contribution is 7.16. The number of halogens is 1. The van der Waals surface area contributed by atoms with Crippen LogP contribution in [0.1, 0.15) is 28.2 Å². The van der Waals surface area contributed by atoms with Crippen molar-refractivity contribution in [1.82, 2.24) is 24.4 Å². The monoisotopic (exact) mass is 387 g/mol. The van der Waals surface area contributed by atoms with Crippen LogP contribution >= 0.6 is 11.3 Å². The Bertz CT molecular complexity index is 926. The number of nitrogens with zero attached hydrogens (tertiary/aromatic N) is 5. The predicted molar refractivity (Wildman–Crippen MR) is 97.7 cm³/mol. The fourth-order valence-electron chi connectivity index (χ4n) is 3.03. The lowest BCUT2D eigenvalue weighted by Gasteiger charge is -2.32. The van der Waals surface area contributed by atoms with Crippen LogP contribution in [0.25, 0.3) is 5.13 Å². The second kappa shape index (κ2) is 7.43. The van der Waals surface area contributed by atoms with Crippen LogP contribution < -0.4 is 4.74 Å². The SMILES string of the molecule is Cc1nc(-n2cccc2)sc1C(=O)N1CCCC(Oc2ncc(F)cn2)C1. The Kier molecular flexibility index (Phi) is 4.85. The van der Waals surface area contributed by atoms with Crippen LogP contribution in [0.3, 0.4) is 0 Å². The van der Waals surface area contributed by atoms with Crippen LogP contribution in [0.2, 0.25) is 0 Å². The largest absolute Gasteiger partial charge is 0.458 e. The van der Waals surface area contributed by atoms with Gasteiger partial charge in [-0.15, -0.1) is 0 Å². The summed E-state index contributed by atoms with van der Waals surface area (Å²) in [6.07, 6.45) is 7.33. The maximum Gasteiger partial charge on any atom is 0.316 e. The lowest BCUT2D eigenvalue weighted by Crippen LogP contribution is -2.44. The summed E-state index contributed by atoms with van der Waals surface area (Å²) in [4.78, 5) is 27.6. The molecule has 9 heteroatoms. The van der Waals surface area contributed by atoms with Crippen molar-refractivity contribution in [2.75, 3.05) is 13.1 Å². The molecule has 0 aromatic carbocycles. The van der Waals surface area contributed by atoms with Gasteiger partial charge in [0.15, 0.2) is 10.9 Å². The molecule has 1 saturated heterocycles. The van der Waals surface area contributed by atoms with Crippen molar-refractivity contribution < 1.29 is 13.9 Å². The van der Waals surface area contributed by atoms with Gasteiger partial charge in [0.25, 0.3) is 5.91 Å². The van der Waals surface area contributed by atoms with E-state index in [1.807, 2.05) is 36.0 Å². The second-order valence-electron chi connectivity index (χ2n) is 6.32. The van der Waals surface area contributed by atoms with Gasteiger partial charge in [0, 0.05) is 18.9 Å². The van der Waals surface area contributed by atoms with Gasteiger partial charge in [-0.3, -0.25) is 4.79 Å². The van der Waals surface area contributed by atoms with Crippen molar-refractivity contribution in [3.05, 3.63) is 53.3 Å². The molecule has 1 amide bonds. The van der Waals surface area contributed by atoms with Crippen molar-refractivity contribution >= 4 is 17.2 Å². The molecule has 0 N–H and O–H groups in total. The number of aromatic nitrogens is 4. The molecule has 4 rings (SSSR count). The number of rotatable bonds is 4. The van der Waals surface area contributed by atoms with Crippen molar-refractivity contribution in [2.45, 2.75) is 25.9 Å². The number of carbonyl (C=O) groups excluding carboxylic acids is 1. The standard InChI is InChI=1S/C18H18FN5O2S/c1-12-15(27-18(22-12)23-6-2-3-7-23)16(25)24-8-4-5-14(11-24)26-17-20-9-13(19)10-21-17/h2-3,6-7,9-10,14H,4-5,8,11H2,1H3. The van der Waals surface area contributed by atoms with E-state index in [9.17, 15) is 9.18 Å². The summed E-state index contributed by atoms with van der Waals surface area (Å²) in [5, 5.41) is 0.769. The number of carbonyl (C=O) groups is 1. The molecular weight excluding hydrogens is 369 g/mol. The maximum atomic E-state index is 13.0. The molecule has 0 bridgehead atoms. The van der Waals surface area contributed by atoms with E-state index in [1.54, 1.807) is 4.90 Å². The fraction of sp³-hybridized carbons (Fsp3) is 0.333. The molecule has 27 heavy (non-hydrogen) atoms. The molecular formula is C18H18FN5O2S. The highest BCUT2D eigenvalue weighted by Gasteiger charge is 2.28. The summed E-state index contributed by atoms with van der Waals surface area (Å²) in [6, 6.07) is 3.96. The molecule has 0 radical (unpaired) electrons. The average molecular weight is 387 g/mol. The van der Waals surface area contributed by atoms with Crippen LogP contribution in [-0.2, 0) is 0 Å². The lowest BCUT2D eigenvalue weighted by atomic mass is 10.1. The molecule has 4 heterocycles. The minimum absolute atomic E-state index is 0.0447. The van der Waals surface area contributed by atoms with Gasteiger partial charge in [0.1, 0.15) is 11.0 Å². The van der Waals surface area contributed by atoms with Crippen LogP contribution in [0, 0.1) is 12.7 Å². The Hall–Kier alpha value is -2.81. The average Bonchev–Trinajstić information content (AvgIpc) is 3.33. The summed E-state index contributed by atoms with van der Waals surface area (Å²) in [7, 11) is 0. The number of ether oxygens (including phenoxy) is 1. The third-order valence-electron chi connectivity index (χ3n) is 4.34. The molecule has 1 atom stereocenters. The minimum atomic E-state index is -0.512. The highest BCUT2D eigenvalue weighted by Crippen LogP contribution is 2.25. The number of thiazole rings is 1. The Morgan fingerprint density at radius 2 is 2.04 bits per heavy atom. The quantitative estimate of drug-likeness (QED) is 0.688. The lowest BCUT2D eigenvalue weighted by molar-refractivity contribution is 0.0518. The fourth-order valence-corrected chi connectivity index (χ4v) is 4.03.